The Morgan fingerprint density at radius 1 is 1.30 bits per heavy atom. The molecule has 0 radical (unpaired) electrons. The fraction of sp³-hybridized carbons (Fsp3) is 0.286. The number of nitrogens with zero attached hydrogens (tertiary/aromatic N) is 1. The minimum atomic E-state index is -0.163. The summed E-state index contributed by atoms with van der Waals surface area (Å²) < 4.78 is 0.681. The Hall–Kier alpha value is -1.66. The molecule has 6 heteroatoms. The molecule has 0 saturated carbocycles. The van der Waals surface area contributed by atoms with Crippen LogP contribution in [-0.2, 0) is 0 Å². The first-order chi connectivity index (χ1) is 9.74. The van der Waals surface area contributed by atoms with E-state index in [9.17, 15) is 4.79 Å². The van der Waals surface area contributed by atoms with Gasteiger partial charge in [0.2, 0.25) is 0 Å². The van der Waals surface area contributed by atoms with Crippen molar-refractivity contribution in [2.24, 2.45) is 5.73 Å². The molecular formula is C14H17BrN4O. The van der Waals surface area contributed by atoms with Crippen LogP contribution in [0, 0.1) is 0 Å². The average molecular weight is 337 g/mol. The van der Waals surface area contributed by atoms with Gasteiger partial charge in [0.25, 0.3) is 5.91 Å². The summed E-state index contributed by atoms with van der Waals surface area (Å²) in [5, 5.41) is 9.82. The van der Waals surface area contributed by atoms with Crippen molar-refractivity contribution in [3.63, 3.8) is 0 Å². The number of carbonyl (C=O) groups is 1. The standard InChI is InChI=1S/C14H17BrN4O/c15-11-12(10-6-2-1-3-7-10)18-19-13(11)14(20)17-9-5-4-8-16/h1-3,6-7H,4-5,8-9,16H2,(H,17,20)(H,18,19). The van der Waals surface area contributed by atoms with E-state index in [1.165, 1.54) is 0 Å². The van der Waals surface area contributed by atoms with Crippen LogP contribution >= 0.6 is 15.9 Å². The Morgan fingerprint density at radius 3 is 2.75 bits per heavy atom. The highest BCUT2D eigenvalue weighted by atomic mass is 79.9. The second kappa shape index (κ2) is 7.21. The zero-order chi connectivity index (χ0) is 14.4. The molecule has 0 aliphatic carbocycles. The van der Waals surface area contributed by atoms with E-state index in [2.05, 4.69) is 31.4 Å². The zero-order valence-electron chi connectivity index (χ0n) is 11.0. The summed E-state index contributed by atoms with van der Waals surface area (Å²) in [4.78, 5) is 12.0. The number of benzene rings is 1. The first kappa shape index (κ1) is 14.7. The first-order valence-electron chi connectivity index (χ1n) is 6.51. The summed E-state index contributed by atoms with van der Waals surface area (Å²) >= 11 is 3.44. The van der Waals surface area contributed by atoms with Crippen LogP contribution in [-0.4, -0.2) is 29.2 Å². The van der Waals surface area contributed by atoms with Gasteiger partial charge in [-0.3, -0.25) is 9.89 Å². The monoisotopic (exact) mass is 336 g/mol. The molecule has 1 aromatic heterocycles. The second-order valence-electron chi connectivity index (χ2n) is 4.38. The number of hydrogen-bond acceptors (Lipinski definition) is 3. The van der Waals surface area contributed by atoms with Crippen molar-refractivity contribution in [3.05, 3.63) is 40.5 Å². The molecule has 5 nitrogen and oxygen atoms in total. The Labute approximate surface area is 126 Å². The zero-order valence-corrected chi connectivity index (χ0v) is 12.6. The smallest absolute Gasteiger partial charge is 0.270 e. The molecule has 1 aromatic carbocycles. The van der Waals surface area contributed by atoms with Gasteiger partial charge in [-0.05, 0) is 35.3 Å². The van der Waals surface area contributed by atoms with Gasteiger partial charge in [0.15, 0.2) is 0 Å². The minimum Gasteiger partial charge on any atom is -0.351 e. The van der Waals surface area contributed by atoms with Crippen LogP contribution in [0.3, 0.4) is 0 Å². The van der Waals surface area contributed by atoms with Crippen molar-refractivity contribution in [1.82, 2.24) is 15.5 Å². The molecule has 20 heavy (non-hydrogen) atoms. The lowest BCUT2D eigenvalue weighted by atomic mass is 10.1. The Bertz CT molecular complexity index is 568. The molecule has 0 unspecified atom stereocenters. The Balaban J connectivity index is 2.07. The maximum Gasteiger partial charge on any atom is 0.270 e. The van der Waals surface area contributed by atoms with Crippen molar-refractivity contribution in [1.29, 1.82) is 0 Å². The molecule has 0 fully saturated rings. The molecule has 0 aliphatic rings. The molecule has 2 aromatic rings. The number of aromatic nitrogens is 2. The van der Waals surface area contributed by atoms with Crippen LogP contribution in [0.15, 0.2) is 34.8 Å². The van der Waals surface area contributed by atoms with Gasteiger partial charge in [-0.15, -0.1) is 0 Å². The number of nitrogens with one attached hydrogen (secondary N) is 2. The highest BCUT2D eigenvalue weighted by Crippen LogP contribution is 2.28. The number of amides is 1. The summed E-state index contributed by atoms with van der Waals surface area (Å²) in [7, 11) is 0. The number of carbonyl (C=O) groups excluding carboxylic acids is 1. The van der Waals surface area contributed by atoms with Crippen LogP contribution in [0.4, 0.5) is 0 Å². The summed E-state index contributed by atoms with van der Waals surface area (Å²) in [5.41, 5.74) is 7.54. The minimum absolute atomic E-state index is 0.163. The lowest BCUT2D eigenvalue weighted by molar-refractivity contribution is 0.0947. The van der Waals surface area contributed by atoms with Crippen molar-refractivity contribution in [3.8, 4) is 11.3 Å². The number of nitrogens with two attached hydrogens (primary N) is 1. The van der Waals surface area contributed by atoms with Gasteiger partial charge >= 0.3 is 0 Å². The van der Waals surface area contributed by atoms with Crippen molar-refractivity contribution >= 4 is 21.8 Å². The van der Waals surface area contributed by atoms with E-state index in [1.807, 2.05) is 30.3 Å². The SMILES string of the molecule is NCCCCNC(=O)c1[nH]nc(-c2ccccc2)c1Br. The molecule has 1 heterocycles. The number of hydrogen-bond donors (Lipinski definition) is 3. The Kier molecular flexibility index (Phi) is 5.31. The predicted molar refractivity (Wildman–Crippen MR) is 82.3 cm³/mol. The van der Waals surface area contributed by atoms with E-state index in [1.54, 1.807) is 0 Å². The number of H-pyrrole nitrogens is 1. The first-order valence-corrected chi connectivity index (χ1v) is 7.31. The molecule has 0 bridgehead atoms. The van der Waals surface area contributed by atoms with Crippen molar-refractivity contribution in [2.45, 2.75) is 12.8 Å². The van der Waals surface area contributed by atoms with E-state index < -0.39 is 0 Å². The fourth-order valence-electron chi connectivity index (χ4n) is 1.83. The molecule has 4 N–H and O–H groups in total. The predicted octanol–water partition coefficient (Wildman–Crippen LogP) is 2.31. The lowest BCUT2D eigenvalue weighted by Crippen LogP contribution is -2.25. The maximum absolute atomic E-state index is 12.0. The molecule has 0 spiro atoms. The molecule has 1 amide bonds. The molecular weight excluding hydrogens is 320 g/mol. The Morgan fingerprint density at radius 2 is 2.05 bits per heavy atom. The normalized spacial score (nSPS) is 10.5. The van der Waals surface area contributed by atoms with Crippen LogP contribution < -0.4 is 11.1 Å². The van der Waals surface area contributed by atoms with Crippen LogP contribution in [0.25, 0.3) is 11.3 Å². The molecule has 2 rings (SSSR count). The lowest BCUT2D eigenvalue weighted by Gasteiger charge is -2.03. The number of aromatic amines is 1. The van der Waals surface area contributed by atoms with Gasteiger partial charge in [-0.1, -0.05) is 30.3 Å². The fourth-order valence-corrected chi connectivity index (χ4v) is 2.41. The summed E-state index contributed by atoms with van der Waals surface area (Å²) in [5.74, 6) is -0.163. The maximum atomic E-state index is 12.0. The highest BCUT2D eigenvalue weighted by Gasteiger charge is 2.17. The quantitative estimate of drug-likeness (QED) is 0.707. The van der Waals surface area contributed by atoms with Gasteiger partial charge in [-0.2, -0.15) is 5.10 Å². The van der Waals surface area contributed by atoms with Gasteiger partial charge in [0, 0.05) is 12.1 Å². The van der Waals surface area contributed by atoms with Crippen LogP contribution in [0.5, 0.6) is 0 Å². The van der Waals surface area contributed by atoms with E-state index >= 15 is 0 Å². The third-order valence-corrected chi connectivity index (χ3v) is 3.67. The van der Waals surface area contributed by atoms with Crippen molar-refractivity contribution < 1.29 is 4.79 Å². The van der Waals surface area contributed by atoms with E-state index in [4.69, 9.17) is 5.73 Å². The summed E-state index contributed by atoms with van der Waals surface area (Å²) in [6, 6.07) is 9.70. The number of halogens is 1. The number of unbranched alkanes of at least 4 members (excludes halogenated alkanes) is 1. The summed E-state index contributed by atoms with van der Waals surface area (Å²) in [6.45, 7) is 1.25. The van der Waals surface area contributed by atoms with Gasteiger partial charge in [-0.25, -0.2) is 0 Å². The van der Waals surface area contributed by atoms with E-state index in [-0.39, 0.29) is 5.91 Å². The molecule has 0 saturated heterocycles. The van der Waals surface area contributed by atoms with E-state index in [0.717, 1.165) is 24.1 Å². The van der Waals surface area contributed by atoms with E-state index in [0.29, 0.717) is 23.3 Å². The van der Waals surface area contributed by atoms with Crippen molar-refractivity contribution in [2.75, 3.05) is 13.1 Å². The number of rotatable bonds is 6. The molecule has 0 aliphatic heterocycles. The molecule has 0 atom stereocenters. The van der Waals surface area contributed by atoms with Crippen LogP contribution in [0.1, 0.15) is 23.3 Å². The third kappa shape index (κ3) is 3.46. The highest BCUT2D eigenvalue weighted by molar-refractivity contribution is 9.10. The largest absolute Gasteiger partial charge is 0.351 e. The van der Waals surface area contributed by atoms with Crippen LogP contribution in [0.2, 0.25) is 0 Å². The third-order valence-electron chi connectivity index (χ3n) is 2.90. The van der Waals surface area contributed by atoms with Gasteiger partial charge < -0.3 is 11.1 Å². The van der Waals surface area contributed by atoms with Gasteiger partial charge in [0.1, 0.15) is 11.4 Å². The summed E-state index contributed by atoms with van der Waals surface area (Å²) in [6.07, 6.45) is 1.78. The molecule has 106 valence electrons. The van der Waals surface area contributed by atoms with Gasteiger partial charge in [0.05, 0.1) is 4.47 Å². The second-order valence-corrected chi connectivity index (χ2v) is 5.17. The topological polar surface area (TPSA) is 83.8 Å². The average Bonchev–Trinajstić information content (AvgIpc) is 2.86.